The third kappa shape index (κ3) is 4.62. The van der Waals surface area contributed by atoms with E-state index in [0.29, 0.717) is 6.61 Å². The summed E-state index contributed by atoms with van der Waals surface area (Å²) in [5.41, 5.74) is 4.77. The number of phenolic OH excluding ortho intramolecular Hbond substituents is 2. The summed E-state index contributed by atoms with van der Waals surface area (Å²) in [5, 5.41) is 19.8. The number of nitrogens with zero attached hydrogens (tertiary/aromatic N) is 1. The van der Waals surface area contributed by atoms with Crippen molar-refractivity contribution in [2.45, 2.75) is 37.6 Å². The summed E-state index contributed by atoms with van der Waals surface area (Å²) >= 11 is 0. The molecule has 4 nitrogen and oxygen atoms in total. The van der Waals surface area contributed by atoms with Crippen LogP contribution in [0.3, 0.4) is 0 Å². The van der Waals surface area contributed by atoms with Crippen molar-refractivity contribution in [2.24, 2.45) is 5.92 Å². The van der Waals surface area contributed by atoms with Gasteiger partial charge in [0.05, 0.1) is 6.67 Å². The van der Waals surface area contributed by atoms with Crippen LogP contribution in [0.25, 0.3) is 0 Å². The standard InChI is InChI=1S/C29H32FNO3/c1-19(31-13-12-20(16-30)17-31)18-34-26-9-4-22(5-10-26)29-27-11-8-25(33)14-23(27)15-28(29)21-2-6-24(32)7-3-21/h2-11,14,19-20,28-29,32-33H,12-13,15-18H2,1H3/t19-,20-,28+,29+/m0/s1. The van der Waals surface area contributed by atoms with Gasteiger partial charge in [0.1, 0.15) is 23.9 Å². The van der Waals surface area contributed by atoms with Crippen LogP contribution >= 0.6 is 0 Å². The van der Waals surface area contributed by atoms with E-state index >= 15 is 0 Å². The van der Waals surface area contributed by atoms with E-state index in [9.17, 15) is 14.6 Å². The average Bonchev–Trinajstić information content (AvgIpc) is 3.48. The first-order valence-electron chi connectivity index (χ1n) is 12.2. The van der Waals surface area contributed by atoms with Crippen LogP contribution in [0.5, 0.6) is 17.2 Å². The molecule has 1 saturated heterocycles. The van der Waals surface area contributed by atoms with Crippen LogP contribution in [0.15, 0.2) is 66.7 Å². The molecule has 0 unspecified atom stereocenters. The van der Waals surface area contributed by atoms with Gasteiger partial charge in [0.15, 0.2) is 0 Å². The van der Waals surface area contributed by atoms with Crippen molar-refractivity contribution in [1.82, 2.24) is 4.90 Å². The molecule has 0 spiro atoms. The fourth-order valence-electron chi connectivity index (χ4n) is 5.57. The van der Waals surface area contributed by atoms with E-state index in [4.69, 9.17) is 4.74 Å². The van der Waals surface area contributed by atoms with Crippen LogP contribution in [-0.2, 0) is 6.42 Å². The highest BCUT2D eigenvalue weighted by atomic mass is 19.1. The Morgan fingerprint density at radius 2 is 1.68 bits per heavy atom. The molecule has 5 heteroatoms. The van der Waals surface area contributed by atoms with Gasteiger partial charge in [-0.3, -0.25) is 9.29 Å². The molecule has 0 aromatic heterocycles. The van der Waals surface area contributed by atoms with E-state index < -0.39 is 0 Å². The Bertz CT molecular complexity index is 1120. The summed E-state index contributed by atoms with van der Waals surface area (Å²) < 4.78 is 19.0. The highest BCUT2D eigenvalue weighted by molar-refractivity contribution is 5.51. The van der Waals surface area contributed by atoms with Gasteiger partial charge in [-0.2, -0.15) is 0 Å². The highest BCUT2D eigenvalue weighted by Crippen LogP contribution is 2.48. The summed E-state index contributed by atoms with van der Waals surface area (Å²) in [6.45, 7) is 4.24. The summed E-state index contributed by atoms with van der Waals surface area (Å²) in [6.07, 6.45) is 1.77. The Morgan fingerprint density at radius 3 is 2.38 bits per heavy atom. The van der Waals surface area contributed by atoms with Gasteiger partial charge in [-0.15, -0.1) is 0 Å². The van der Waals surface area contributed by atoms with Crippen LogP contribution < -0.4 is 4.74 Å². The van der Waals surface area contributed by atoms with Crippen molar-refractivity contribution in [3.63, 3.8) is 0 Å². The van der Waals surface area contributed by atoms with Gasteiger partial charge in [0.25, 0.3) is 0 Å². The summed E-state index contributed by atoms with van der Waals surface area (Å²) in [5.74, 6) is 1.94. The van der Waals surface area contributed by atoms with E-state index in [1.165, 1.54) is 16.7 Å². The molecule has 34 heavy (non-hydrogen) atoms. The van der Waals surface area contributed by atoms with Crippen molar-refractivity contribution in [3.05, 3.63) is 89.0 Å². The van der Waals surface area contributed by atoms with Crippen molar-refractivity contribution < 1.29 is 19.3 Å². The Balaban J connectivity index is 1.32. The number of halogens is 1. The molecule has 1 aliphatic heterocycles. The van der Waals surface area contributed by atoms with Gasteiger partial charge in [-0.1, -0.05) is 30.3 Å². The number of aromatic hydroxyl groups is 2. The first-order chi connectivity index (χ1) is 16.5. The highest BCUT2D eigenvalue weighted by Gasteiger charge is 2.35. The lowest BCUT2D eigenvalue weighted by atomic mass is 9.82. The average molecular weight is 462 g/mol. The molecule has 4 atom stereocenters. The summed E-state index contributed by atoms with van der Waals surface area (Å²) in [4.78, 5) is 2.31. The van der Waals surface area contributed by atoms with Gasteiger partial charge >= 0.3 is 0 Å². The lowest BCUT2D eigenvalue weighted by Crippen LogP contribution is -2.35. The number of alkyl halides is 1. The Morgan fingerprint density at radius 1 is 0.971 bits per heavy atom. The topological polar surface area (TPSA) is 52.9 Å². The Labute approximate surface area is 200 Å². The molecule has 3 aromatic rings. The van der Waals surface area contributed by atoms with Crippen molar-refractivity contribution in [1.29, 1.82) is 0 Å². The maximum absolute atomic E-state index is 12.9. The molecule has 2 N–H and O–H groups in total. The molecule has 1 aliphatic carbocycles. The number of hydrogen-bond acceptors (Lipinski definition) is 4. The zero-order valence-corrected chi connectivity index (χ0v) is 19.5. The maximum Gasteiger partial charge on any atom is 0.119 e. The number of benzene rings is 3. The largest absolute Gasteiger partial charge is 0.508 e. The normalized spacial score (nSPS) is 23.1. The number of rotatable bonds is 7. The third-order valence-corrected chi connectivity index (χ3v) is 7.51. The predicted molar refractivity (Wildman–Crippen MR) is 132 cm³/mol. The quantitative estimate of drug-likeness (QED) is 0.479. The molecule has 3 aromatic carbocycles. The van der Waals surface area contributed by atoms with Crippen molar-refractivity contribution >= 4 is 0 Å². The smallest absolute Gasteiger partial charge is 0.119 e. The zero-order chi connectivity index (χ0) is 23.7. The first-order valence-corrected chi connectivity index (χ1v) is 12.2. The van der Waals surface area contributed by atoms with Crippen LogP contribution in [0.2, 0.25) is 0 Å². The number of phenols is 2. The Kier molecular flexibility index (Phi) is 6.46. The number of hydrogen-bond donors (Lipinski definition) is 2. The van der Waals surface area contributed by atoms with Gasteiger partial charge in [-0.05, 0) is 90.9 Å². The number of fused-ring (bicyclic) bond motifs is 1. The number of ether oxygens (including phenoxy) is 1. The monoisotopic (exact) mass is 461 g/mol. The van der Waals surface area contributed by atoms with E-state index in [0.717, 1.165) is 37.2 Å². The number of likely N-dealkylation sites (tertiary alicyclic amines) is 1. The van der Waals surface area contributed by atoms with E-state index in [2.05, 4.69) is 24.0 Å². The molecule has 1 fully saturated rings. The third-order valence-electron chi connectivity index (χ3n) is 7.51. The molecular weight excluding hydrogens is 429 g/mol. The molecule has 0 radical (unpaired) electrons. The maximum atomic E-state index is 12.9. The molecule has 0 amide bonds. The second-order valence-electron chi connectivity index (χ2n) is 9.80. The van der Waals surface area contributed by atoms with Crippen LogP contribution in [0, 0.1) is 5.92 Å². The fourth-order valence-corrected chi connectivity index (χ4v) is 5.57. The molecule has 2 aliphatic rings. The van der Waals surface area contributed by atoms with Crippen LogP contribution in [-0.4, -0.2) is 47.5 Å². The molecule has 178 valence electrons. The van der Waals surface area contributed by atoms with Crippen molar-refractivity contribution in [2.75, 3.05) is 26.4 Å². The second kappa shape index (κ2) is 9.67. The molecular formula is C29H32FNO3. The predicted octanol–water partition coefficient (Wildman–Crippen LogP) is 5.63. The van der Waals surface area contributed by atoms with E-state index in [1.54, 1.807) is 18.2 Å². The van der Waals surface area contributed by atoms with Crippen LogP contribution in [0.1, 0.15) is 47.4 Å². The molecule has 0 bridgehead atoms. The minimum Gasteiger partial charge on any atom is -0.508 e. The van der Waals surface area contributed by atoms with Gasteiger partial charge in [-0.25, -0.2) is 0 Å². The Hall–Kier alpha value is -3.05. The lowest BCUT2D eigenvalue weighted by molar-refractivity contribution is 0.165. The second-order valence-corrected chi connectivity index (χ2v) is 9.80. The SMILES string of the molecule is C[C@@H](COc1ccc([C@@H]2c3ccc(O)cc3C[C@@H]2c2ccc(O)cc2)cc1)N1CC[C@@H](CF)C1. The van der Waals surface area contributed by atoms with Gasteiger partial charge < -0.3 is 14.9 Å². The van der Waals surface area contributed by atoms with Gasteiger partial charge in [0.2, 0.25) is 0 Å². The minimum atomic E-state index is -0.236. The zero-order valence-electron chi connectivity index (χ0n) is 19.5. The van der Waals surface area contributed by atoms with Gasteiger partial charge in [0, 0.05) is 24.4 Å². The van der Waals surface area contributed by atoms with Crippen molar-refractivity contribution in [3.8, 4) is 17.2 Å². The summed E-state index contributed by atoms with van der Waals surface area (Å²) in [6, 6.07) is 21.7. The first kappa shape index (κ1) is 22.7. The molecule has 1 heterocycles. The minimum absolute atomic E-state index is 0.162. The lowest BCUT2D eigenvalue weighted by Gasteiger charge is -2.25. The summed E-state index contributed by atoms with van der Waals surface area (Å²) in [7, 11) is 0. The molecule has 5 rings (SSSR count). The fraction of sp³-hybridized carbons (Fsp3) is 0.379. The van der Waals surface area contributed by atoms with Crippen LogP contribution in [0.4, 0.5) is 4.39 Å². The molecule has 0 saturated carbocycles. The van der Waals surface area contributed by atoms with E-state index in [-0.39, 0.29) is 42.0 Å². The van der Waals surface area contributed by atoms with E-state index in [1.807, 2.05) is 36.4 Å².